The fourth-order valence-corrected chi connectivity index (χ4v) is 2.60. The van der Waals surface area contributed by atoms with Crippen LogP contribution in [0.1, 0.15) is 18.1 Å². The molecule has 6 heteroatoms. The Morgan fingerprint density at radius 2 is 2.19 bits per heavy atom. The monoisotopic (exact) mass is 305 g/mol. The first-order valence-corrected chi connectivity index (χ1v) is 7.21. The van der Waals surface area contributed by atoms with Crippen molar-refractivity contribution in [2.45, 2.75) is 13.3 Å². The first-order valence-electron chi connectivity index (χ1n) is 6.39. The third-order valence-electron chi connectivity index (χ3n) is 2.78. The Morgan fingerprint density at radius 1 is 1.43 bits per heavy atom. The zero-order valence-electron chi connectivity index (χ0n) is 11.5. The molecule has 1 aliphatic rings. The molecule has 0 aliphatic carbocycles. The molecule has 21 heavy (non-hydrogen) atoms. The summed E-state index contributed by atoms with van der Waals surface area (Å²) in [5, 5.41) is 11.9. The molecule has 1 aliphatic heterocycles. The average Bonchev–Trinajstić information content (AvgIpc) is 2.74. The van der Waals surface area contributed by atoms with Gasteiger partial charge in [-0.3, -0.25) is 14.9 Å². The number of allylic oxidation sites excluding steroid dienone is 1. The summed E-state index contributed by atoms with van der Waals surface area (Å²) < 4.78 is 5.39. The van der Waals surface area contributed by atoms with Gasteiger partial charge in [-0.2, -0.15) is 0 Å². The van der Waals surface area contributed by atoms with E-state index < -0.39 is 5.91 Å². The zero-order valence-corrected chi connectivity index (χ0v) is 12.3. The number of hydrogen-bond acceptors (Lipinski definition) is 5. The summed E-state index contributed by atoms with van der Waals surface area (Å²) in [7, 11) is 0. The molecule has 0 spiro atoms. The van der Waals surface area contributed by atoms with Gasteiger partial charge in [0.15, 0.2) is 11.5 Å². The molecule has 1 aromatic rings. The number of amides is 2. The molecule has 2 N–H and O–H groups in total. The number of carbonyl (C=O) groups excluding carboxylic acids is 2. The minimum Gasteiger partial charge on any atom is -0.504 e. The zero-order chi connectivity index (χ0) is 15.4. The summed E-state index contributed by atoms with van der Waals surface area (Å²) in [6.45, 7) is 5.88. The van der Waals surface area contributed by atoms with E-state index in [0.717, 1.165) is 11.8 Å². The van der Waals surface area contributed by atoms with Gasteiger partial charge in [0, 0.05) is 5.56 Å². The van der Waals surface area contributed by atoms with E-state index in [0.29, 0.717) is 34.8 Å². The first kappa shape index (κ1) is 15.2. The summed E-state index contributed by atoms with van der Waals surface area (Å²) >= 11 is 0.849. The molecule has 0 bridgehead atoms. The maximum absolute atomic E-state index is 11.6. The average molecular weight is 305 g/mol. The van der Waals surface area contributed by atoms with Gasteiger partial charge in [-0.15, -0.1) is 6.58 Å². The number of rotatable bonds is 5. The Labute approximate surface area is 126 Å². The van der Waals surface area contributed by atoms with E-state index in [1.165, 1.54) is 0 Å². The molecule has 1 heterocycles. The van der Waals surface area contributed by atoms with Gasteiger partial charge in [0.2, 0.25) is 0 Å². The molecule has 0 aromatic heterocycles. The van der Waals surface area contributed by atoms with E-state index in [-0.39, 0.29) is 11.0 Å². The second-order valence-electron chi connectivity index (χ2n) is 4.30. The minimum atomic E-state index is -0.415. The molecule has 110 valence electrons. The highest BCUT2D eigenvalue weighted by Crippen LogP contribution is 2.34. The molecule has 2 amide bonds. The van der Waals surface area contributed by atoms with Crippen LogP contribution in [0, 0.1) is 0 Å². The summed E-state index contributed by atoms with van der Waals surface area (Å²) in [5.74, 6) is -0.00163. The number of benzene rings is 1. The van der Waals surface area contributed by atoms with Crippen LogP contribution in [0.2, 0.25) is 0 Å². The van der Waals surface area contributed by atoms with E-state index in [2.05, 4.69) is 11.9 Å². The van der Waals surface area contributed by atoms with Crippen LogP contribution < -0.4 is 10.1 Å². The van der Waals surface area contributed by atoms with Crippen molar-refractivity contribution in [3.8, 4) is 11.5 Å². The van der Waals surface area contributed by atoms with Crippen molar-refractivity contribution in [1.29, 1.82) is 0 Å². The Bertz CT molecular complexity index is 637. The Kier molecular flexibility index (Phi) is 4.70. The number of carbonyl (C=O) groups is 2. The van der Waals surface area contributed by atoms with Crippen LogP contribution in [0.3, 0.4) is 0 Å². The molecule has 1 fully saturated rings. The minimum absolute atomic E-state index is 0.0681. The quantitative estimate of drug-likeness (QED) is 0.646. The molecule has 5 nitrogen and oxygen atoms in total. The molecular weight excluding hydrogens is 290 g/mol. The molecule has 0 atom stereocenters. The normalized spacial score (nSPS) is 16.1. The third-order valence-corrected chi connectivity index (χ3v) is 3.59. The second-order valence-corrected chi connectivity index (χ2v) is 5.32. The predicted molar refractivity (Wildman–Crippen MR) is 82.3 cm³/mol. The number of nitrogens with one attached hydrogen (secondary N) is 1. The van der Waals surface area contributed by atoms with E-state index >= 15 is 0 Å². The molecule has 0 radical (unpaired) electrons. The van der Waals surface area contributed by atoms with Gasteiger partial charge in [-0.1, -0.05) is 6.08 Å². The fraction of sp³-hybridized carbons (Fsp3) is 0.200. The van der Waals surface area contributed by atoms with E-state index in [1.807, 2.05) is 6.92 Å². The highest BCUT2D eigenvalue weighted by Gasteiger charge is 2.25. The van der Waals surface area contributed by atoms with Crippen molar-refractivity contribution in [2.75, 3.05) is 6.61 Å². The van der Waals surface area contributed by atoms with Gasteiger partial charge in [0.1, 0.15) is 0 Å². The Hall–Kier alpha value is -2.21. The van der Waals surface area contributed by atoms with Crippen LogP contribution in [-0.4, -0.2) is 22.9 Å². The first-order chi connectivity index (χ1) is 10.0. The van der Waals surface area contributed by atoms with Gasteiger partial charge < -0.3 is 9.84 Å². The van der Waals surface area contributed by atoms with Gasteiger partial charge in [0.05, 0.1) is 11.5 Å². The molecule has 0 saturated carbocycles. The topological polar surface area (TPSA) is 75.6 Å². The number of thioether (sulfide) groups is 1. The largest absolute Gasteiger partial charge is 0.504 e. The van der Waals surface area contributed by atoms with E-state index in [9.17, 15) is 14.7 Å². The molecule has 2 rings (SSSR count). The standard InChI is InChI=1S/C15H15NO4S/c1-3-5-10-6-9(7-11(13(10)17)20-4-2)8-12-14(18)16-15(19)21-12/h3,6-8,17H,1,4-5H2,2H3,(H,16,18,19)/b12-8-. The highest BCUT2D eigenvalue weighted by atomic mass is 32.2. The molecule has 1 saturated heterocycles. The third kappa shape index (κ3) is 3.46. The SMILES string of the molecule is C=CCc1cc(/C=C2\SC(=O)NC2=O)cc(OCC)c1O. The van der Waals surface area contributed by atoms with E-state index in [4.69, 9.17) is 4.74 Å². The lowest BCUT2D eigenvalue weighted by molar-refractivity contribution is -0.115. The van der Waals surface area contributed by atoms with Crippen molar-refractivity contribution in [3.63, 3.8) is 0 Å². The fourth-order valence-electron chi connectivity index (χ4n) is 1.92. The van der Waals surface area contributed by atoms with Crippen molar-refractivity contribution in [2.24, 2.45) is 0 Å². The van der Waals surface area contributed by atoms with Crippen LogP contribution in [0.25, 0.3) is 6.08 Å². The van der Waals surface area contributed by atoms with Crippen LogP contribution >= 0.6 is 11.8 Å². The number of phenolic OH excluding ortho intramolecular Hbond substituents is 1. The van der Waals surface area contributed by atoms with Gasteiger partial charge >= 0.3 is 0 Å². The van der Waals surface area contributed by atoms with Gasteiger partial charge in [-0.25, -0.2) is 0 Å². The lowest BCUT2D eigenvalue weighted by Gasteiger charge is -2.11. The molecule has 0 unspecified atom stereocenters. The Balaban J connectivity index is 2.43. The smallest absolute Gasteiger partial charge is 0.290 e. The Morgan fingerprint density at radius 3 is 2.76 bits per heavy atom. The summed E-state index contributed by atoms with van der Waals surface area (Å²) in [6, 6.07) is 3.37. The summed E-state index contributed by atoms with van der Waals surface area (Å²) in [5.41, 5.74) is 1.33. The maximum Gasteiger partial charge on any atom is 0.290 e. The van der Waals surface area contributed by atoms with Crippen LogP contribution in [0.15, 0.2) is 29.7 Å². The van der Waals surface area contributed by atoms with Crippen molar-refractivity contribution < 1.29 is 19.4 Å². The molecular formula is C15H15NO4S. The lowest BCUT2D eigenvalue weighted by Crippen LogP contribution is -2.17. The summed E-state index contributed by atoms with van der Waals surface area (Å²) in [4.78, 5) is 23.0. The van der Waals surface area contributed by atoms with E-state index in [1.54, 1.807) is 24.3 Å². The predicted octanol–water partition coefficient (Wildman–Crippen LogP) is 2.84. The number of phenols is 1. The van der Waals surface area contributed by atoms with Crippen LogP contribution in [-0.2, 0) is 11.2 Å². The number of hydrogen-bond donors (Lipinski definition) is 2. The van der Waals surface area contributed by atoms with Gasteiger partial charge in [0.25, 0.3) is 11.1 Å². The number of ether oxygens (including phenoxy) is 1. The maximum atomic E-state index is 11.6. The number of aromatic hydroxyl groups is 1. The second kappa shape index (κ2) is 6.49. The molecule has 1 aromatic carbocycles. The summed E-state index contributed by atoms with van der Waals surface area (Å²) in [6.07, 6.45) is 3.74. The highest BCUT2D eigenvalue weighted by molar-refractivity contribution is 8.18. The van der Waals surface area contributed by atoms with Crippen LogP contribution in [0.5, 0.6) is 11.5 Å². The number of imide groups is 1. The lowest BCUT2D eigenvalue weighted by atomic mass is 10.1. The van der Waals surface area contributed by atoms with Crippen molar-refractivity contribution >= 4 is 29.0 Å². The van der Waals surface area contributed by atoms with Crippen molar-refractivity contribution in [1.82, 2.24) is 5.32 Å². The van der Waals surface area contributed by atoms with Crippen molar-refractivity contribution in [3.05, 3.63) is 40.8 Å². The van der Waals surface area contributed by atoms with Crippen LogP contribution in [0.4, 0.5) is 4.79 Å². The van der Waals surface area contributed by atoms with Gasteiger partial charge in [-0.05, 0) is 48.9 Å².